The minimum atomic E-state index is -0.244. The summed E-state index contributed by atoms with van der Waals surface area (Å²) in [6.45, 7) is 0. The molecule has 0 atom stereocenters. The fourth-order valence-electron chi connectivity index (χ4n) is 2.97. The van der Waals surface area contributed by atoms with Crippen LogP contribution in [-0.4, -0.2) is 5.97 Å². The molecule has 3 aromatic carbocycles. The van der Waals surface area contributed by atoms with Gasteiger partial charge in [0, 0.05) is 16.7 Å². The number of carbonyl (C=O) groups excluding carboxylic acids is 1. The van der Waals surface area contributed by atoms with Crippen LogP contribution in [0.25, 0.3) is 22.3 Å². The van der Waals surface area contributed by atoms with Crippen LogP contribution < -0.4 is 4.74 Å². The zero-order valence-corrected chi connectivity index (χ0v) is 13.8. The van der Waals surface area contributed by atoms with Crippen molar-refractivity contribution in [3.8, 4) is 28.0 Å². The number of rotatable bonds is 4. The number of allylic oxidation sites excluding steroid dienone is 1. The molecule has 0 saturated carbocycles. The third-order valence-electron chi connectivity index (χ3n) is 4.45. The van der Waals surface area contributed by atoms with E-state index < -0.39 is 0 Å². The Labute approximate surface area is 147 Å². The van der Waals surface area contributed by atoms with Crippen LogP contribution in [0.15, 0.2) is 90.5 Å². The molecular formula is C23H18O2. The van der Waals surface area contributed by atoms with E-state index in [1.54, 1.807) is 0 Å². The van der Waals surface area contributed by atoms with Gasteiger partial charge in [0.05, 0.1) is 0 Å². The van der Waals surface area contributed by atoms with Gasteiger partial charge in [-0.2, -0.15) is 0 Å². The van der Waals surface area contributed by atoms with Gasteiger partial charge in [-0.3, -0.25) is 0 Å². The molecule has 0 heterocycles. The Morgan fingerprint density at radius 1 is 0.720 bits per heavy atom. The van der Waals surface area contributed by atoms with Gasteiger partial charge in [-0.1, -0.05) is 84.9 Å². The van der Waals surface area contributed by atoms with E-state index in [1.165, 1.54) is 0 Å². The molecule has 1 aliphatic rings. The van der Waals surface area contributed by atoms with Crippen LogP contribution >= 0.6 is 0 Å². The van der Waals surface area contributed by atoms with E-state index in [-0.39, 0.29) is 5.97 Å². The summed E-state index contributed by atoms with van der Waals surface area (Å²) in [5, 5.41) is 0. The SMILES string of the molecule is O=C(Oc1c(-c2ccccc2)cccc1-c1ccccc1)C1=CCC1. The maximum absolute atomic E-state index is 12.5. The van der Waals surface area contributed by atoms with E-state index in [2.05, 4.69) is 0 Å². The van der Waals surface area contributed by atoms with Crippen LogP contribution in [0.5, 0.6) is 5.75 Å². The van der Waals surface area contributed by atoms with E-state index in [1.807, 2.05) is 84.9 Å². The molecule has 122 valence electrons. The molecule has 0 spiro atoms. The first-order chi connectivity index (χ1) is 12.3. The molecule has 3 aromatic rings. The van der Waals surface area contributed by atoms with Crippen LogP contribution in [0.4, 0.5) is 0 Å². The first kappa shape index (κ1) is 15.4. The molecule has 0 bridgehead atoms. The highest BCUT2D eigenvalue weighted by Gasteiger charge is 2.21. The Balaban J connectivity index is 1.85. The maximum Gasteiger partial charge on any atom is 0.339 e. The lowest BCUT2D eigenvalue weighted by Gasteiger charge is -2.18. The second-order valence-electron chi connectivity index (χ2n) is 6.07. The lowest BCUT2D eigenvalue weighted by molar-refractivity contribution is -0.130. The number of hydrogen-bond donors (Lipinski definition) is 0. The quantitative estimate of drug-likeness (QED) is 0.458. The summed E-state index contributed by atoms with van der Waals surface area (Å²) in [7, 11) is 0. The fourth-order valence-corrected chi connectivity index (χ4v) is 2.97. The zero-order chi connectivity index (χ0) is 17.1. The van der Waals surface area contributed by atoms with Crippen molar-refractivity contribution in [1.29, 1.82) is 0 Å². The summed E-state index contributed by atoms with van der Waals surface area (Å²) < 4.78 is 5.88. The molecule has 4 rings (SSSR count). The average molecular weight is 326 g/mol. The average Bonchev–Trinajstić information content (AvgIpc) is 2.62. The minimum absolute atomic E-state index is 0.244. The Morgan fingerprint density at radius 2 is 1.24 bits per heavy atom. The van der Waals surface area contributed by atoms with Crippen molar-refractivity contribution in [2.45, 2.75) is 12.8 Å². The lowest BCUT2D eigenvalue weighted by atomic mass is 9.96. The molecule has 2 heteroatoms. The molecule has 0 aliphatic heterocycles. The van der Waals surface area contributed by atoms with Crippen LogP contribution in [0.2, 0.25) is 0 Å². The highest BCUT2D eigenvalue weighted by Crippen LogP contribution is 2.39. The second-order valence-corrected chi connectivity index (χ2v) is 6.07. The van der Waals surface area contributed by atoms with Gasteiger partial charge in [0.25, 0.3) is 0 Å². The normalized spacial score (nSPS) is 12.9. The molecule has 0 amide bonds. The topological polar surface area (TPSA) is 26.3 Å². The van der Waals surface area contributed by atoms with E-state index in [4.69, 9.17) is 4.74 Å². The highest BCUT2D eigenvalue weighted by atomic mass is 16.5. The molecule has 0 unspecified atom stereocenters. The summed E-state index contributed by atoms with van der Waals surface area (Å²) >= 11 is 0. The smallest absolute Gasteiger partial charge is 0.339 e. The third-order valence-corrected chi connectivity index (χ3v) is 4.45. The van der Waals surface area contributed by atoms with Gasteiger partial charge < -0.3 is 4.74 Å². The molecule has 0 N–H and O–H groups in total. The monoisotopic (exact) mass is 326 g/mol. The van der Waals surface area contributed by atoms with Crippen molar-refractivity contribution in [3.63, 3.8) is 0 Å². The van der Waals surface area contributed by atoms with Gasteiger partial charge in [0.2, 0.25) is 0 Å². The maximum atomic E-state index is 12.5. The Hall–Kier alpha value is -3.13. The number of hydrogen-bond acceptors (Lipinski definition) is 2. The molecule has 0 fully saturated rings. The van der Waals surface area contributed by atoms with Crippen molar-refractivity contribution >= 4 is 5.97 Å². The van der Waals surface area contributed by atoms with Crippen LogP contribution in [0.1, 0.15) is 12.8 Å². The largest absolute Gasteiger partial charge is 0.422 e. The predicted molar refractivity (Wildman–Crippen MR) is 100 cm³/mol. The van der Waals surface area contributed by atoms with Gasteiger partial charge >= 0.3 is 5.97 Å². The molecule has 0 aromatic heterocycles. The standard InChI is InChI=1S/C23H18O2/c24-23(19-13-7-14-19)25-22-20(17-9-3-1-4-10-17)15-8-16-21(22)18-11-5-2-6-12-18/h1-6,8-13,15-16H,7,14H2. The summed E-state index contributed by atoms with van der Waals surface area (Å²) in [5.74, 6) is 0.379. The zero-order valence-electron chi connectivity index (χ0n) is 13.8. The van der Waals surface area contributed by atoms with Crippen molar-refractivity contribution in [2.24, 2.45) is 0 Å². The summed E-state index contributed by atoms with van der Waals surface area (Å²) in [6, 6.07) is 26.1. The van der Waals surface area contributed by atoms with E-state index in [0.717, 1.165) is 40.7 Å². The van der Waals surface area contributed by atoms with Crippen molar-refractivity contribution in [3.05, 3.63) is 90.5 Å². The van der Waals surface area contributed by atoms with Gasteiger partial charge in [-0.15, -0.1) is 0 Å². The Kier molecular flexibility index (Phi) is 4.17. The fraction of sp³-hybridized carbons (Fsp3) is 0.0870. The number of ether oxygens (including phenoxy) is 1. The summed E-state index contributed by atoms with van der Waals surface area (Å²) in [5.41, 5.74) is 4.68. The van der Waals surface area contributed by atoms with Crippen LogP contribution in [-0.2, 0) is 4.79 Å². The van der Waals surface area contributed by atoms with E-state index in [0.29, 0.717) is 5.75 Å². The number of carbonyl (C=O) groups is 1. The van der Waals surface area contributed by atoms with Crippen molar-refractivity contribution in [2.75, 3.05) is 0 Å². The molecule has 1 aliphatic carbocycles. The second kappa shape index (κ2) is 6.78. The molecule has 2 nitrogen and oxygen atoms in total. The number of benzene rings is 3. The minimum Gasteiger partial charge on any atom is -0.422 e. The van der Waals surface area contributed by atoms with Crippen molar-refractivity contribution < 1.29 is 9.53 Å². The molecular weight excluding hydrogens is 308 g/mol. The molecule has 0 saturated heterocycles. The first-order valence-corrected chi connectivity index (χ1v) is 8.48. The van der Waals surface area contributed by atoms with Gasteiger partial charge in [0.15, 0.2) is 0 Å². The summed E-state index contributed by atoms with van der Waals surface area (Å²) in [6.07, 6.45) is 3.69. The lowest BCUT2D eigenvalue weighted by Crippen LogP contribution is -2.16. The molecule has 25 heavy (non-hydrogen) atoms. The molecule has 0 radical (unpaired) electrons. The van der Waals surface area contributed by atoms with Crippen molar-refractivity contribution in [1.82, 2.24) is 0 Å². The summed E-state index contributed by atoms with van der Waals surface area (Å²) in [4.78, 5) is 12.5. The Morgan fingerprint density at radius 3 is 1.68 bits per heavy atom. The third kappa shape index (κ3) is 3.11. The van der Waals surface area contributed by atoms with Gasteiger partial charge in [-0.25, -0.2) is 4.79 Å². The first-order valence-electron chi connectivity index (χ1n) is 8.48. The van der Waals surface area contributed by atoms with Crippen LogP contribution in [0.3, 0.4) is 0 Å². The van der Waals surface area contributed by atoms with Gasteiger partial charge in [0.1, 0.15) is 5.75 Å². The number of esters is 1. The van der Waals surface area contributed by atoms with E-state index in [9.17, 15) is 4.79 Å². The van der Waals surface area contributed by atoms with E-state index >= 15 is 0 Å². The van der Waals surface area contributed by atoms with Crippen LogP contribution in [0, 0.1) is 0 Å². The van der Waals surface area contributed by atoms with Gasteiger partial charge in [-0.05, 0) is 24.0 Å². The number of para-hydroxylation sites is 1. The highest BCUT2D eigenvalue weighted by molar-refractivity contribution is 5.94. The predicted octanol–water partition coefficient (Wildman–Crippen LogP) is 5.65. The Bertz CT molecular complexity index is 867.